The lowest BCUT2D eigenvalue weighted by atomic mass is 9.84. The van der Waals surface area contributed by atoms with Gasteiger partial charge in [-0.1, -0.05) is 78.9 Å². The van der Waals surface area contributed by atoms with Gasteiger partial charge in [0, 0.05) is 0 Å². The summed E-state index contributed by atoms with van der Waals surface area (Å²) in [7, 11) is 0. The van der Waals surface area contributed by atoms with Gasteiger partial charge in [-0.25, -0.2) is 9.69 Å². The highest BCUT2D eigenvalue weighted by atomic mass is 16.6. The van der Waals surface area contributed by atoms with E-state index in [4.69, 9.17) is 9.84 Å². The molecular formula is C25H21N3O3. The van der Waals surface area contributed by atoms with Crippen molar-refractivity contribution in [3.63, 3.8) is 0 Å². The molecule has 154 valence electrons. The van der Waals surface area contributed by atoms with Crippen LogP contribution in [0, 0.1) is 0 Å². The van der Waals surface area contributed by atoms with Gasteiger partial charge in [-0.05, 0) is 23.3 Å². The van der Waals surface area contributed by atoms with Gasteiger partial charge in [0.25, 0.3) is 5.91 Å². The summed E-state index contributed by atoms with van der Waals surface area (Å²) in [4.78, 5) is 27.1. The predicted octanol–water partition coefficient (Wildman–Crippen LogP) is 4.04. The van der Waals surface area contributed by atoms with E-state index < -0.39 is 12.1 Å². The van der Waals surface area contributed by atoms with Crippen molar-refractivity contribution in [3.05, 3.63) is 102 Å². The summed E-state index contributed by atoms with van der Waals surface area (Å²) >= 11 is 0. The molecule has 2 aliphatic heterocycles. The Kier molecular flexibility index (Phi) is 4.96. The topological polar surface area (TPSA) is 62.2 Å². The number of benzene rings is 3. The third-order valence-corrected chi connectivity index (χ3v) is 5.62. The standard InChI is InChI=1S/C25H21N3O3/c29-24(27-16-17-31-25(27)30)23-21(18-10-4-1-5-11-18)22(19-12-6-2-7-13-19)26-28(23)20-14-8-3-9-15-20/h1-15,21,23H,16-17H2/t21-,23-/m0/s1. The highest BCUT2D eigenvalue weighted by Gasteiger charge is 2.47. The summed E-state index contributed by atoms with van der Waals surface area (Å²) in [6, 6.07) is 28.6. The molecule has 0 aromatic heterocycles. The van der Waals surface area contributed by atoms with Crippen molar-refractivity contribution >= 4 is 23.4 Å². The van der Waals surface area contributed by atoms with Crippen molar-refractivity contribution in [2.75, 3.05) is 18.2 Å². The second kappa shape index (κ2) is 8.07. The van der Waals surface area contributed by atoms with Crippen molar-refractivity contribution < 1.29 is 14.3 Å². The molecule has 2 amide bonds. The molecule has 0 N–H and O–H groups in total. The number of carbonyl (C=O) groups excluding carboxylic acids is 2. The minimum Gasteiger partial charge on any atom is -0.447 e. The van der Waals surface area contributed by atoms with E-state index in [0.717, 1.165) is 22.5 Å². The molecule has 0 unspecified atom stereocenters. The smallest absolute Gasteiger partial charge is 0.416 e. The van der Waals surface area contributed by atoms with Crippen LogP contribution in [0.5, 0.6) is 0 Å². The fraction of sp³-hybridized carbons (Fsp3) is 0.160. The van der Waals surface area contributed by atoms with E-state index in [2.05, 4.69) is 0 Å². The van der Waals surface area contributed by atoms with Gasteiger partial charge < -0.3 is 4.74 Å². The Hall–Kier alpha value is -3.93. The van der Waals surface area contributed by atoms with Crippen LogP contribution in [0.2, 0.25) is 0 Å². The molecule has 1 fully saturated rings. The zero-order valence-electron chi connectivity index (χ0n) is 16.8. The normalized spacial score (nSPS) is 20.5. The highest BCUT2D eigenvalue weighted by Crippen LogP contribution is 2.38. The third kappa shape index (κ3) is 3.46. The number of hydrazone groups is 1. The average Bonchev–Trinajstić information content (AvgIpc) is 3.44. The van der Waals surface area contributed by atoms with Gasteiger partial charge in [-0.15, -0.1) is 0 Å². The molecule has 0 aliphatic carbocycles. The first kappa shape index (κ1) is 19.1. The number of carbonyl (C=O) groups is 2. The number of para-hydroxylation sites is 1. The van der Waals surface area contributed by atoms with E-state index in [9.17, 15) is 9.59 Å². The second-order valence-corrected chi connectivity index (χ2v) is 7.47. The molecule has 0 radical (unpaired) electrons. The number of cyclic esters (lactones) is 1. The molecular weight excluding hydrogens is 390 g/mol. The SMILES string of the molecule is O=C1OCCN1C(=O)[C@@H]1[C@@H](c2ccccc2)C(c2ccccc2)=NN1c1ccccc1. The van der Waals surface area contributed by atoms with Gasteiger partial charge in [-0.2, -0.15) is 5.10 Å². The largest absolute Gasteiger partial charge is 0.447 e. The summed E-state index contributed by atoms with van der Waals surface area (Å²) in [5, 5.41) is 6.68. The molecule has 0 bridgehead atoms. The van der Waals surface area contributed by atoms with Crippen molar-refractivity contribution in [2.45, 2.75) is 12.0 Å². The summed E-state index contributed by atoms with van der Waals surface area (Å²) in [6.07, 6.45) is -0.599. The Morgan fingerprint density at radius 3 is 2.10 bits per heavy atom. The maximum atomic E-state index is 13.7. The van der Waals surface area contributed by atoms with Crippen molar-refractivity contribution in [3.8, 4) is 0 Å². The van der Waals surface area contributed by atoms with Crippen LogP contribution in [-0.4, -0.2) is 41.8 Å². The van der Waals surface area contributed by atoms with Crippen LogP contribution < -0.4 is 5.01 Å². The fourth-order valence-electron chi connectivity index (χ4n) is 4.18. The zero-order valence-corrected chi connectivity index (χ0v) is 16.8. The lowest BCUT2D eigenvalue weighted by molar-refractivity contribution is -0.129. The minimum absolute atomic E-state index is 0.213. The van der Waals surface area contributed by atoms with Gasteiger partial charge in [0.1, 0.15) is 12.6 Å². The quantitative estimate of drug-likeness (QED) is 0.650. The monoisotopic (exact) mass is 411 g/mol. The molecule has 2 heterocycles. The van der Waals surface area contributed by atoms with Crippen molar-refractivity contribution in [2.24, 2.45) is 5.10 Å². The number of anilines is 1. The van der Waals surface area contributed by atoms with Gasteiger partial charge in [-0.3, -0.25) is 9.80 Å². The lowest BCUT2D eigenvalue weighted by Crippen LogP contribution is -2.48. The fourth-order valence-corrected chi connectivity index (χ4v) is 4.18. The summed E-state index contributed by atoms with van der Waals surface area (Å²) in [6.45, 7) is 0.462. The number of hydrogen-bond donors (Lipinski definition) is 0. The third-order valence-electron chi connectivity index (χ3n) is 5.62. The van der Waals surface area contributed by atoms with E-state index in [1.165, 1.54) is 4.90 Å². The molecule has 5 rings (SSSR count). The number of ether oxygens (including phenoxy) is 1. The summed E-state index contributed by atoms with van der Waals surface area (Å²) in [5.74, 6) is -0.653. The van der Waals surface area contributed by atoms with Crippen LogP contribution in [0.4, 0.5) is 10.5 Å². The average molecular weight is 411 g/mol. The molecule has 0 saturated carbocycles. The lowest BCUT2D eigenvalue weighted by Gasteiger charge is -2.29. The van der Waals surface area contributed by atoms with E-state index in [1.54, 1.807) is 5.01 Å². The van der Waals surface area contributed by atoms with E-state index in [1.807, 2.05) is 91.0 Å². The Morgan fingerprint density at radius 2 is 1.48 bits per heavy atom. The first-order valence-electron chi connectivity index (χ1n) is 10.3. The van der Waals surface area contributed by atoms with Gasteiger partial charge in [0.2, 0.25) is 0 Å². The van der Waals surface area contributed by atoms with Crippen LogP contribution in [0.25, 0.3) is 0 Å². The highest BCUT2D eigenvalue weighted by molar-refractivity contribution is 6.13. The number of hydrogen-bond acceptors (Lipinski definition) is 5. The number of imide groups is 1. The Morgan fingerprint density at radius 1 is 0.871 bits per heavy atom. The minimum atomic E-state index is -0.703. The number of rotatable bonds is 4. The molecule has 3 aromatic rings. The van der Waals surface area contributed by atoms with Gasteiger partial charge in [0.05, 0.1) is 23.9 Å². The van der Waals surface area contributed by atoms with E-state index in [-0.39, 0.29) is 25.0 Å². The van der Waals surface area contributed by atoms with Crippen molar-refractivity contribution in [1.29, 1.82) is 0 Å². The van der Waals surface area contributed by atoms with E-state index in [0.29, 0.717) is 0 Å². The Balaban J connectivity index is 1.67. The summed E-state index contributed by atoms with van der Waals surface area (Å²) in [5.41, 5.74) is 3.49. The van der Waals surface area contributed by atoms with Gasteiger partial charge >= 0.3 is 6.09 Å². The number of nitrogens with zero attached hydrogens (tertiary/aromatic N) is 3. The predicted molar refractivity (Wildman–Crippen MR) is 118 cm³/mol. The molecule has 6 heteroatoms. The molecule has 2 atom stereocenters. The maximum absolute atomic E-state index is 13.7. The molecule has 31 heavy (non-hydrogen) atoms. The van der Waals surface area contributed by atoms with Crippen LogP contribution >= 0.6 is 0 Å². The van der Waals surface area contributed by atoms with Crippen LogP contribution in [0.15, 0.2) is 96.1 Å². The van der Waals surface area contributed by atoms with Crippen LogP contribution in [0.3, 0.4) is 0 Å². The zero-order chi connectivity index (χ0) is 21.2. The first-order chi connectivity index (χ1) is 15.2. The molecule has 0 spiro atoms. The Labute approximate surface area is 180 Å². The summed E-state index contributed by atoms with van der Waals surface area (Å²) < 4.78 is 5.05. The van der Waals surface area contributed by atoms with Crippen LogP contribution in [0.1, 0.15) is 17.0 Å². The second-order valence-electron chi connectivity index (χ2n) is 7.47. The molecule has 1 saturated heterocycles. The van der Waals surface area contributed by atoms with E-state index >= 15 is 0 Å². The maximum Gasteiger partial charge on any atom is 0.416 e. The molecule has 3 aromatic carbocycles. The van der Waals surface area contributed by atoms with Crippen LogP contribution in [-0.2, 0) is 9.53 Å². The molecule has 6 nitrogen and oxygen atoms in total. The Bertz CT molecular complexity index is 1120. The molecule has 2 aliphatic rings. The van der Waals surface area contributed by atoms with Gasteiger partial charge in [0.15, 0.2) is 0 Å². The number of amides is 2. The van der Waals surface area contributed by atoms with Crippen molar-refractivity contribution in [1.82, 2.24) is 4.90 Å². The first-order valence-corrected chi connectivity index (χ1v) is 10.3.